The quantitative estimate of drug-likeness (QED) is 0.0770. The number of nitrogens with one attached hydrogen (secondary N) is 1. The molecule has 1 nitrogen and oxygen atoms in total. The van der Waals surface area contributed by atoms with Crippen LogP contribution in [0.25, 0.3) is 43.8 Å². The van der Waals surface area contributed by atoms with Crippen LogP contribution < -0.4 is 5.32 Å². The summed E-state index contributed by atoms with van der Waals surface area (Å²) in [6.45, 7) is 9.30. The van der Waals surface area contributed by atoms with Gasteiger partial charge in [-0.25, -0.2) is 0 Å². The van der Waals surface area contributed by atoms with Crippen LogP contribution in [0.2, 0.25) is 0 Å². The first-order chi connectivity index (χ1) is 27.5. The van der Waals surface area contributed by atoms with Gasteiger partial charge in [0.25, 0.3) is 0 Å². The topological polar surface area (TPSA) is 12.0 Å². The largest absolute Gasteiger partial charge is 0.356 e. The van der Waals surface area contributed by atoms with Crippen molar-refractivity contribution in [1.29, 1.82) is 0 Å². The van der Waals surface area contributed by atoms with Crippen LogP contribution in [0.3, 0.4) is 0 Å². The van der Waals surface area contributed by atoms with Crippen LogP contribution in [0.15, 0.2) is 133 Å². The summed E-state index contributed by atoms with van der Waals surface area (Å²) in [4.78, 5) is 0. The van der Waals surface area contributed by atoms with Gasteiger partial charge in [0.1, 0.15) is 0 Å². The number of hydrogen-bond acceptors (Lipinski definition) is 1. The highest BCUT2D eigenvalue weighted by Crippen LogP contribution is 2.45. The van der Waals surface area contributed by atoms with Crippen molar-refractivity contribution < 1.29 is 0 Å². The van der Waals surface area contributed by atoms with E-state index in [1.807, 2.05) is 0 Å². The first-order valence-corrected chi connectivity index (χ1v) is 21.6. The molecule has 1 aliphatic carbocycles. The highest BCUT2D eigenvalue weighted by Gasteiger charge is 2.23. The molecule has 0 amide bonds. The first kappa shape index (κ1) is 37.8. The Labute approximate surface area is 336 Å². The number of unbranched alkanes of at least 4 members (excludes halogenated alkanes) is 3. The molecule has 0 radical (unpaired) electrons. The Balaban J connectivity index is 1.13. The zero-order valence-corrected chi connectivity index (χ0v) is 34.2. The SMILES string of the molecule is CCCCc1ccc(Nc2ccc(-c3c4ccccc4c(-c4ccc(C(C)(CC)CC)cc4)c4cc(CCCCCc5ccc6c(c5)CC6)ccc34)cc2)cc1. The van der Waals surface area contributed by atoms with E-state index in [1.54, 1.807) is 11.1 Å². The lowest BCUT2D eigenvalue weighted by Gasteiger charge is -2.27. The van der Waals surface area contributed by atoms with Crippen LogP contribution in [0.4, 0.5) is 11.4 Å². The maximum Gasteiger partial charge on any atom is 0.0384 e. The number of benzene rings is 7. The van der Waals surface area contributed by atoms with Gasteiger partial charge in [-0.1, -0.05) is 150 Å². The highest BCUT2D eigenvalue weighted by molar-refractivity contribution is 6.21. The molecule has 56 heavy (non-hydrogen) atoms. The molecule has 0 atom stereocenters. The molecular weight excluding hydrogens is 675 g/mol. The maximum atomic E-state index is 3.65. The van der Waals surface area contributed by atoms with Crippen LogP contribution >= 0.6 is 0 Å². The smallest absolute Gasteiger partial charge is 0.0384 e. The Morgan fingerprint density at radius 1 is 0.464 bits per heavy atom. The Morgan fingerprint density at radius 2 is 0.982 bits per heavy atom. The number of fused-ring (bicyclic) bond motifs is 3. The number of aryl methyl sites for hydroxylation is 5. The van der Waals surface area contributed by atoms with Crippen molar-refractivity contribution in [2.24, 2.45) is 0 Å². The van der Waals surface area contributed by atoms with E-state index < -0.39 is 0 Å². The minimum atomic E-state index is 0.194. The number of rotatable bonds is 16. The molecule has 0 heterocycles. The fourth-order valence-electron chi connectivity index (χ4n) is 8.96. The summed E-state index contributed by atoms with van der Waals surface area (Å²) < 4.78 is 0. The van der Waals surface area contributed by atoms with Gasteiger partial charge in [-0.2, -0.15) is 0 Å². The summed E-state index contributed by atoms with van der Waals surface area (Å²) in [7, 11) is 0. The van der Waals surface area contributed by atoms with Gasteiger partial charge in [0, 0.05) is 11.4 Å². The summed E-state index contributed by atoms with van der Waals surface area (Å²) in [5, 5.41) is 8.94. The monoisotopic (exact) mass is 733 g/mol. The molecule has 1 N–H and O–H groups in total. The molecule has 1 aliphatic rings. The van der Waals surface area contributed by atoms with Crippen LogP contribution in [0.1, 0.15) is 106 Å². The second kappa shape index (κ2) is 16.9. The van der Waals surface area contributed by atoms with E-state index in [0.717, 1.165) is 37.1 Å². The molecule has 8 rings (SSSR count). The van der Waals surface area contributed by atoms with E-state index in [2.05, 4.69) is 166 Å². The lowest BCUT2D eigenvalue weighted by molar-refractivity contribution is 0.439. The first-order valence-electron chi connectivity index (χ1n) is 21.6. The summed E-state index contributed by atoms with van der Waals surface area (Å²) in [5.74, 6) is 0. The van der Waals surface area contributed by atoms with Gasteiger partial charge in [-0.15, -0.1) is 0 Å². The van der Waals surface area contributed by atoms with Crippen molar-refractivity contribution >= 4 is 32.9 Å². The Kier molecular flexibility index (Phi) is 11.4. The third kappa shape index (κ3) is 7.92. The van der Waals surface area contributed by atoms with Crippen molar-refractivity contribution in [2.45, 2.75) is 110 Å². The zero-order valence-electron chi connectivity index (χ0n) is 34.2. The predicted octanol–water partition coefficient (Wildman–Crippen LogP) is 15.5. The van der Waals surface area contributed by atoms with E-state index in [-0.39, 0.29) is 5.41 Å². The van der Waals surface area contributed by atoms with Crippen LogP contribution in [-0.4, -0.2) is 0 Å². The third-order valence-corrected chi connectivity index (χ3v) is 13.1. The second-order valence-electron chi connectivity index (χ2n) is 16.7. The molecule has 0 unspecified atom stereocenters. The normalized spacial score (nSPS) is 12.5. The number of hydrogen-bond donors (Lipinski definition) is 1. The molecule has 0 aromatic heterocycles. The van der Waals surface area contributed by atoms with Crippen LogP contribution in [-0.2, 0) is 37.5 Å². The minimum absolute atomic E-state index is 0.194. The molecule has 1 heteroatoms. The van der Waals surface area contributed by atoms with E-state index >= 15 is 0 Å². The molecule has 0 saturated heterocycles. The van der Waals surface area contributed by atoms with Gasteiger partial charge < -0.3 is 5.32 Å². The molecule has 0 saturated carbocycles. The van der Waals surface area contributed by atoms with Gasteiger partial charge in [-0.3, -0.25) is 0 Å². The summed E-state index contributed by atoms with van der Waals surface area (Å²) >= 11 is 0. The highest BCUT2D eigenvalue weighted by atomic mass is 14.9. The lowest BCUT2D eigenvalue weighted by Crippen LogP contribution is -2.19. The van der Waals surface area contributed by atoms with E-state index in [4.69, 9.17) is 0 Å². The molecule has 0 fully saturated rings. The third-order valence-electron chi connectivity index (χ3n) is 13.1. The molecule has 7 aromatic rings. The Hall–Kier alpha value is -5.14. The predicted molar refractivity (Wildman–Crippen MR) is 244 cm³/mol. The fraction of sp³-hybridized carbons (Fsp3) is 0.309. The Bertz CT molecular complexity index is 2410. The Morgan fingerprint density at radius 3 is 1.57 bits per heavy atom. The summed E-state index contributed by atoms with van der Waals surface area (Å²) in [6.07, 6.45) is 14.4. The van der Waals surface area contributed by atoms with Gasteiger partial charge in [-0.05, 0) is 171 Å². The average molecular weight is 734 g/mol. The summed E-state index contributed by atoms with van der Waals surface area (Å²) in [6, 6.07) is 51.2. The van der Waals surface area contributed by atoms with Crippen molar-refractivity contribution in [3.8, 4) is 22.3 Å². The van der Waals surface area contributed by atoms with Gasteiger partial charge in [0.2, 0.25) is 0 Å². The number of anilines is 2. The molecule has 7 aromatic carbocycles. The van der Waals surface area contributed by atoms with Crippen molar-refractivity contribution in [2.75, 3.05) is 5.32 Å². The molecule has 0 spiro atoms. The molecular formula is C55H59N. The molecule has 0 aliphatic heterocycles. The van der Waals surface area contributed by atoms with E-state index in [0.29, 0.717) is 0 Å². The fourth-order valence-corrected chi connectivity index (χ4v) is 8.96. The second-order valence-corrected chi connectivity index (χ2v) is 16.7. The van der Waals surface area contributed by atoms with Crippen LogP contribution in [0.5, 0.6) is 0 Å². The summed E-state index contributed by atoms with van der Waals surface area (Å²) in [5.41, 5.74) is 16.6. The van der Waals surface area contributed by atoms with E-state index in [9.17, 15) is 0 Å². The minimum Gasteiger partial charge on any atom is -0.356 e. The standard InChI is InChI=1S/C55H59N/c1-5-8-14-39-20-32-47(33-21-39)56-48-34-28-44(29-35-48)53-49-17-12-13-18-50(49)54(43-26-30-46(31-27-43)55(4,6-2)7-3)52-38-41(22-36-51(52)53)16-11-9-10-15-40-19-23-42-24-25-45(42)37-40/h12-13,17-23,26-38,56H,5-11,14-16,24-25H2,1-4H3. The molecule has 284 valence electrons. The van der Waals surface area contributed by atoms with E-state index in [1.165, 1.54) is 117 Å². The average Bonchev–Trinajstić information content (AvgIpc) is 3.23. The van der Waals surface area contributed by atoms with Crippen molar-refractivity contribution in [3.05, 3.63) is 167 Å². The molecule has 0 bridgehead atoms. The van der Waals surface area contributed by atoms with Crippen LogP contribution in [0, 0.1) is 0 Å². The van der Waals surface area contributed by atoms with Crippen molar-refractivity contribution in [1.82, 2.24) is 0 Å². The zero-order chi connectivity index (χ0) is 38.5. The maximum absolute atomic E-state index is 3.65. The van der Waals surface area contributed by atoms with Crippen molar-refractivity contribution in [3.63, 3.8) is 0 Å². The van der Waals surface area contributed by atoms with Gasteiger partial charge >= 0.3 is 0 Å². The lowest BCUT2D eigenvalue weighted by atomic mass is 9.77. The van der Waals surface area contributed by atoms with Gasteiger partial charge in [0.05, 0.1) is 0 Å². The van der Waals surface area contributed by atoms with Gasteiger partial charge in [0.15, 0.2) is 0 Å².